The second kappa shape index (κ2) is 6.07. The predicted octanol–water partition coefficient (Wildman–Crippen LogP) is 2.20. The van der Waals surface area contributed by atoms with E-state index in [9.17, 15) is 9.59 Å². The number of carbonyl (C=O) groups excluding carboxylic acids is 2. The molecule has 5 heteroatoms. The van der Waals surface area contributed by atoms with E-state index in [0.717, 1.165) is 6.42 Å². The van der Waals surface area contributed by atoms with Crippen LogP contribution in [-0.2, 0) is 14.3 Å². The van der Waals surface area contributed by atoms with Crippen molar-refractivity contribution < 1.29 is 19.1 Å². The Morgan fingerprint density at radius 2 is 2.00 bits per heavy atom. The molecule has 18 heavy (non-hydrogen) atoms. The SMILES string of the molecule is CCCOC(=O)C1CCN(C(=O)OC(C)(C)C)C1. The molecule has 0 aromatic heterocycles. The fourth-order valence-electron chi connectivity index (χ4n) is 1.77. The van der Waals surface area contributed by atoms with Crippen molar-refractivity contribution in [1.29, 1.82) is 0 Å². The fourth-order valence-corrected chi connectivity index (χ4v) is 1.77. The standard InChI is InChI=1S/C13H23NO4/c1-5-8-17-11(15)10-6-7-14(9-10)12(16)18-13(2,3)4/h10H,5-9H2,1-4H3. The third kappa shape index (κ3) is 4.55. The van der Waals surface area contributed by atoms with Gasteiger partial charge in [-0.2, -0.15) is 0 Å². The average molecular weight is 257 g/mol. The van der Waals surface area contributed by atoms with Gasteiger partial charge in [-0.25, -0.2) is 4.79 Å². The number of hydrogen-bond donors (Lipinski definition) is 0. The molecule has 1 aliphatic heterocycles. The average Bonchev–Trinajstić information content (AvgIpc) is 2.72. The van der Waals surface area contributed by atoms with Crippen LogP contribution in [0.2, 0.25) is 0 Å². The zero-order chi connectivity index (χ0) is 13.8. The largest absolute Gasteiger partial charge is 0.465 e. The van der Waals surface area contributed by atoms with Gasteiger partial charge in [0.05, 0.1) is 12.5 Å². The highest BCUT2D eigenvalue weighted by molar-refractivity contribution is 5.75. The second-order valence-electron chi connectivity index (χ2n) is 5.58. The van der Waals surface area contributed by atoms with Crippen molar-refractivity contribution in [1.82, 2.24) is 4.90 Å². The molecule has 1 saturated heterocycles. The van der Waals surface area contributed by atoms with Crippen molar-refractivity contribution in [3.63, 3.8) is 0 Å². The van der Waals surface area contributed by atoms with Crippen LogP contribution < -0.4 is 0 Å². The summed E-state index contributed by atoms with van der Waals surface area (Å²) in [5, 5.41) is 0. The maximum Gasteiger partial charge on any atom is 0.410 e. The van der Waals surface area contributed by atoms with Crippen LogP contribution in [-0.4, -0.2) is 42.3 Å². The first-order valence-corrected chi connectivity index (χ1v) is 6.48. The Morgan fingerprint density at radius 1 is 1.33 bits per heavy atom. The number of ether oxygens (including phenoxy) is 2. The van der Waals surface area contributed by atoms with Gasteiger partial charge in [0.15, 0.2) is 0 Å². The Morgan fingerprint density at radius 3 is 2.56 bits per heavy atom. The minimum Gasteiger partial charge on any atom is -0.465 e. The topological polar surface area (TPSA) is 55.8 Å². The highest BCUT2D eigenvalue weighted by Gasteiger charge is 2.34. The van der Waals surface area contributed by atoms with Crippen LogP contribution in [0.15, 0.2) is 0 Å². The Hall–Kier alpha value is -1.26. The first kappa shape index (κ1) is 14.8. The summed E-state index contributed by atoms with van der Waals surface area (Å²) in [6, 6.07) is 0. The normalized spacial score (nSPS) is 19.8. The van der Waals surface area contributed by atoms with Gasteiger partial charge >= 0.3 is 12.1 Å². The number of amides is 1. The molecule has 0 spiro atoms. The minimum absolute atomic E-state index is 0.205. The zero-order valence-corrected chi connectivity index (χ0v) is 11.7. The van der Waals surface area contributed by atoms with Gasteiger partial charge in [0.2, 0.25) is 0 Å². The summed E-state index contributed by atoms with van der Waals surface area (Å²) in [5.74, 6) is -0.410. The maximum atomic E-state index is 11.8. The number of hydrogen-bond acceptors (Lipinski definition) is 4. The molecule has 1 fully saturated rings. The number of carbonyl (C=O) groups is 2. The van der Waals surface area contributed by atoms with Crippen molar-refractivity contribution in [3.8, 4) is 0 Å². The molecule has 1 aliphatic rings. The molecular formula is C13H23NO4. The van der Waals surface area contributed by atoms with E-state index in [1.807, 2.05) is 27.7 Å². The Labute approximate surface area is 108 Å². The van der Waals surface area contributed by atoms with Crippen LogP contribution in [0.1, 0.15) is 40.5 Å². The van der Waals surface area contributed by atoms with Gasteiger partial charge in [-0.15, -0.1) is 0 Å². The molecule has 104 valence electrons. The molecule has 0 saturated carbocycles. The molecule has 1 rings (SSSR count). The second-order valence-corrected chi connectivity index (χ2v) is 5.58. The molecular weight excluding hydrogens is 234 g/mol. The first-order chi connectivity index (χ1) is 8.33. The number of esters is 1. The van der Waals surface area contributed by atoms with Gasteiger partial charge in [0.1, 0.15) is 5.60 Å². The van der Waals surface area contributed by atoms with Gasteiger partial charge in [-0.1, -0.05) is 6.92 Å². The van der Waals surface area contributed by atoms with E-state index < -0.39 is 5.60 Å². The van der Waals surface area contributed by atoms with Crippen LogP contribution in [0, 0.1) is 5.92 Å². The lowest BCUT2D eigenvalue weighted by Gasteiger charge is -2.24. The minimum atomic E-state index is -0.502. The third-order valence-corrected chi connectivity index (χ3v) is 2.62. The molecule has 0 aromatic rings. The van der Waals surface area contributed by atoms with Crippen molar-refractivity contribution in [2.45, 2.75) is 46.1 Å². The van der Waals surface area contributed by atoms with E-state index in [4.69, 9.17) is 9.47 Å². The van der Waals surface area contributed by atoms with Gasteiger partial charge in [0, 0.05) is 13.1 Å². The molecule has 0 bridgehead atoms. The molecule has 1 unspecified atom stereocenters. The van der Waals surface area contributed by atoms with E-state index in [1.165, 1.54) is 0 Å². The number of likely N-dealkylation sites (tertiary alicyclic amines) is 1. The van der Waals surface area contributed by atoms with Crippen molar-refractivity contribution in [2.24, 2.45) is 5.92 Å². The Kier molecular flexibility index (Phi) is 4.99. The first-order valence-electron chi connectivity index (χ1n) is 6.48. The van der Waals surface area contributed by atoms with E-state index in [1.54, 1.807) is 4.90 Å². The Balaban J connectivity index is 2.41. The molecule has 5 nitrogen and oxygen atoms in total. The zero-order valence-electron chi connectivity index (χ0n) is 11.7. The van der Waals surface area contributed by atoms with E-state index in [-0.39, 0.29) is 18.0 Å². The van der Waals surface area contributed by atoms with Gasteiger partial charge in [0.25, 0.3) is 0 Å². The summed E-state index contributed by atoms with van der Waals surface area (Å²) >= 11 is 0. The molecule has 0 aliphatic carbocycles. The van der Waals surface area contributed by atoms with Gasteiger partial charge < -0.3 is 14.4 Å². The smallest absolute Gasteiger partial charge is 0.410 e. The van der Waals surface area contributed by atoms with E-state index in [0.29, 0.717) is 26.1 Å². The predicted molar refractivity (Wildman–Crippen MR) is 67.2 cm³/mol. The van der Waals surface area contributed by atoms with Crippen LogP contribution in [0.5, 0.6) is 0 Å². The summed E-state index contributed by atoms with van der Waals surface area (Å²) in [4.78, 5) is 25.0. The fraction of sp³-hybridized carbons (Fsp3) is 0.846. The summed E-state index contributed by atoms with van der Waals surface area (Å²) in [7, 11) is 0. The summed E-state index contributed by atoms with van der Waals surface area (Å²) < 4.78 is 10.4. The van der Waals surface area contributed by atoms with Crippen molar-refractivity contribution >= 4 is 12.1 Å². The molecule has 0 radical (unpaired) electrons. The van der Waals surface area contributed by atoms with Crippen molar-refractivity contribution in [2.75, 3.05) is 19.7 Å². The lowest BCUT2D eigenvalue weighted by molar-refractivity contribution is -0.148. The monoisotopic (exact) mass is 257 g/mol. The molecule has 0 N–H and O–H groups in total. The van der Waals surface area contributed by atoms with Gasteiger partial charge in [-0.05, 0) is 33.6 Å². The number of rotatable bonds is 3. The highest BCUT2D eigenvalue weighted by Crippen LogP contribution is 2.20. The van der Waals surface area contributed by atoms with Crippen LogP contribution in [0.3, 0.4) is 0 Å². The number of nitrogens with zero attached hydrogens (tertiary/aromatic N) is 1. The maximum absolute atomic E-state index is 11.8. The van der Waals surface area contributed by atoms with Crippen LogP contribution in [0.25, 0.3) is 0 Å². The van der Waals surface area contributed by atoms with Crippen LogP contribution >= 0.6 is 0 Å². The lowest BCUT2D eigenvalue weighted by atomic mass is 10.1. The van der Waals surface area contributed by atoms with Crippen LogP contribution in [0.4, 0.5) is 4.79 Å². The third-order valence-electron chi connectivity index (χ3n) is 2.62. The van der Waals surface area contributed by atoms with E-state index in [2.05, 4.69) is 0 Å². The molecule has 0 aromatic carbocycles. The lowest BCUT2D eigenvalue weighted by Crippen LogP contribution is -2.36. The summed E-state index contributed by atoms with van der Waals surface area (Å²) in [6.45, 7) is 8.84. The molecule has 1 amide bonds. The summed E-state index contributed by atoms with van der Waals surface area (Å²) in [5.41, 5.74) is -0.502. The Bertz CT molecular complexity index is 309. The summed E-state index contributed by atoms with van der Waals surface area (Å²) in [6.07, 6.45) is 1.11. The molecule has 1 atom stereocenters. The highest BCUT2D eigenvalue weighted by atomic mass is 16.6. The van der Waals surface area contributed by atoms with Crippen molar-refractivity contribution in [3.05, 3.63) is 0 Å². The van der Waals surface area contributed by atoms with E-state index >= 15 is 0 Å². The molecule has 1 heterocycles. The quantitative estimate of drug-likeness (QED) is 0.727. The van der Waals surface area contributed by atoms with Gasteiger partial charge in [-0.3, -0.25) is 4.79 Å².